The normalized spacial score (nSPS) is 15.2. The lowest BCUT2D eigenvalue weighted by Gasteiger charge is -2.31. The second-order valence-electron chi connectivity index (χ2n) is 8.75. The number of ether oxygens (including phenoxy) is 1. The Labute approximate surface area is 205 Å². The highest BCUT2D eigenvalue weighted by atomic mass is 35.5. The van der Waals surface area contributed by atoms with E-state index in [9.17, 15) is 13.2 Å². The summed E-state index contributed by atoms with van der Waals surface area (Å²) in [5, 5.41) is 14.6. The van der Waals surface area contributed by atoms with Gasteiger partial charge in [-0.2, -0.15) is 10.4 Å². The topological polar surface area (TPSA) is 50.8 Å². The predicted octanol–water partition coefficient (Wildman–Crippen LogP) is 7.67. The van der Waals surface area contributed by atoms with Crippen LogP contribution in [0.1, 0.15) is 49.5 Å². The lowest BCUT2D eigenvalue weighted by atomic mass is 9.83. The number of nitriles is 1. The molecule has 0 saturated heterocycles. The number of hydrogen-bond acceptors (Lipinski definition) is 3. The molecular weight excluding hydrogens is 475 g/mol. The van der Waals surface area contributed by atoms with Crippen LogP contribution in [0, 0.1) is 34.7 Å². The van der Waals surface area contributed by atoms with Crippen LogP contribution in [-0.4, -0.2) is 9.78 Å². The van der Waals surface area contributed by atoms with E-state index in [1.807, 2.05) is 6.07 Å². The minimum atomic E-state index is -1.00. The first kappa shape index (κ1) is 23.3. The van der Waals surface area contributed by atoms with Crippen LogP contribution >= 0.6 is 11.6 Å². The fraction of sp³-hybridized carbons (Fsp3) is 0.259. The summed E-state index contributed by atoms with van der Waals surface area (Å²) in [4.78, 5) is 0. The molecule has 0 radical (unpaired) electrons. The molecule has 0 amide bonds. The van der Waals surface area contributed by atoms with Crippen LogP contribution in [0.2, 0.25) is 5.02 Å². The van der Waals surface area contributed by atoms with Crippen LogP contribution in [-0.2, 0) is 0 Å². The Kier molecular flexibility index (Phi) is 6.40. The zero-order valence-electron chi connectivity index (χ0n) is 18.6. The fourth-order valence-electron chi connectivity index (χ4n) is 4.77. The summed E-state index contributed by atoms with van der Waals surface area (Å²) in [5.74, 6) is -2.68. The molecule has 1 aliphatic rings. The molecule has 35 heavy (non-hydrogen) atoms. The van der Waals surface area contributed by atoms with Crippen molar-refractivity contribution >= 4 is 22.5 Å². The van der Waals surface area contributed by atoms with Gasteiger partial charge in [-0.25, -0.2) is 17.9 Å². The van der Waals surface area contributed by atoms with Crippen molar-refractivity contribution < 1.29 is 17.9 Å². The molecule has 0 N–H and O–H groups in total. The third kappa shape index (κ3) is 4.59. The van der Waals surface area contributed by atoms with E-state index in [1.54, 1.807) is 28.9 Å². The van der Waals surface area contributed by atoms with Gasteiger partial charge in [-0.1, -0.05) is 30.9 Å². The quantitative estimate of drug-likeness (QED) is 0.285. The third-order valence-electron chi connectivity index (χ3n) is 6.48. The SMILES string of the molecule is N#Cc1ccc(OC(c2c3cc(F)c(F)cc3nn2-c2ccc(Cl)cc2)C2CCCCC2)c(F)c1. The minimum absolute atomic E-state index is 0.00198. The second kappa shape index (κ2) is 9.63. The lowest BCUT2D eigenvalue weighted by Crippen LogP contribution is -2.24. The van der Waals surface area contributed by atoms with Crippen LogP contribution in [0.3, 0.4) is 0 Å². The molecule has 1 fully saturated rings. The number of halogens is 4. The molecule has 4 aromatic rings. The fourth-order valence-corrected chi connectivity index (χ4v) is 4.89. The van der Waals surface area contributed by atoms with Gasteiger partial charge in [-0.05, 0) is 61.4 Å². The highest BCUT2D eigenvalue weighted by Crippen LogP contribution is 2.42. The van der Waals surface area contributed by atoms with Crippen LogP contribution < -0.4 is 4.74 Å². The predicted molar refractivity (Wildman–Crippen MR) is 127 cm³/mol. The maximum absolute atomic E-state index is 14.9. The highest BCUT2D eigenvalue weighted by molar-refractivity contribution is 6.30. The van der Waals surface area contributed by atoms with Gasteiger partial charge in [0.2, 0.25) is 0 Å². The van der Waals surface area contributed by atoms with Crippen molar-refractivity contribution in [3.63, 3.8) is 0 Å². The van der Waals surface area contributed by atoms with E-state index >= 15 is 0 Å². The van der Waals surface area contributed by atoms with E-state index in [2.05, 4.69) is 5.10 Å². The summed E-state index contributed by atoms with van der Waals surface area (Å²) in [6, 6.07) is 15.0. The Balaban J connectivity index is 1.72. The van der Waals surface area contributed by atoms with E-state index in [0.717, 1.165) is 50.3 Å². The van der Waals surface area contributed by atoms with Gasteiger partial charge in [-0.3, -0.25) is 0 Å². The zero-order chi connectivity index (χ0) is 24.5. The molecule has 178 valence electrons. The number of fused-ring (bicyclic) bond motifs is 1. The second-order valence-corrected chi connectivity index (χ2v) is 9.19. The molecule has 3 aromatic carbocycles. The van der Waals surface area contributed by atoms with E-state index in [-0.39, 0.29) is 22.7 Å². The van der Waals surface area contributed by atoms with Crippen molar-refractivity contribution in [1.29, 1.82) is 5.26 Å². The third-order valence-corrected chi connectivity index (χ3v) is 6.74. The molecule has 0 bridgehead atoms. The van der Waals surface area contributed by atoms with Crippen molar-refractivity contribution in [3.05, 3.63) is 88.3 Å². The van der Waals surface area contributed by atoms with Crippen LogP contribution in [0.4, 0.5) is 13.2 Å². The monoisotopic (exact) mass is 495 g/mol. The number of aromatic nitrogens is 2. The van der Waals surface area contributed by atoms with Crippen LogP contribution in [0.5, 0.6) is 5.75 Å². The Morgan fingerprint density at radius 3 is 2.34 bits per heavy atom. The average molecular weight is 496 g/mol. The van der Waals surface area contributed by atoms with Gasteiger partial charge in [0.1, 0.15) is 6.10 Å². The molecule has 5 rings (SSSR count). The maximum atomic E-state index is 14.9. The van der Waals surface area contributed by atoms with Gasteiger partial charge in [0.05, 0.1) is 28.5 Å². The molecule has 1 heterocycles. The number of nitrogens with zero attached hydrogens (tertiary/aromatic N) is 3. The van der Waals surface area contributed by atoms with E-state index < -0.39 is 23.6 Å². The van der Waals surface area contributed by atoms with Crippen molar-refractivity contribution in [3.8, 4) is 17.5 Å². The van der Waals surface area contributed by atoms with Gasteiger partial charge in [-0.15, -0.1) is 0 Å². The molecule has 4 nitrogen and oxygen atoms in total. The first-order chi connectivity index (χ1) is 16.9. The average Bonchev–Trinajstić information content (AvgIpc) is 3.22. The largest absolute Gasteiger partial charge is 0.481 e. The van der Waals surface area contributed by atoms with Crippen LogP contribution in [0.15, 0.2) is 54.6 Å². The summed E-state index contributed by atoms with van der Waals surface area (Å²) in [6.45, 7) is 0. The van der Waals surface area contributed by atoms with Crippen LogP contribution in [0.25, 0.3) is 16.6 Å². The van der Waals surface area contributed by atoms with Crippen molar-refractivity contribution in [1.82, 2.24) is 9.78 Å². The van der Waals surface area contributed by atoms with Gasteiger partial charge in [0, 0.05) is 22.4 Å². The Bertz CT molecular complexity index is 1420. The van der Waals surface area contributed by atoms with Gasteiger partial charge in [0.25, 0.3) is 0 Å². The molecule has 0 aliphatic heterocycles. The Morgan fingerprint density at radius 1 is 0.943 bits per heavy atom. The number of benzene rings is 3. The Morgan fingerprint density at radius 2 is 1.66 bits per heavy atom. The van der Waals surface area contributed by atoms with E-state index in [4.69, 9.17) is 21.6 Å². The van der Waals surface area contributed by atoms with Crippen molar-refractivity contribution in [2.24, 2.45) is 5.92 Å². The molecular formula is C27H21ClF3N3O. The first-order valence-corrected chi connectivity index (χ1v) is 11.8. The number of hydrogen-bond donors (Lipinski definition) is 0. The van der Waals surface area contributed by atoms with Crippen molar-refractivity contribution in [2.75, 3.05) is 0 Å². The van der Waals surface area contributed by atoms with Gasteiger partial charge >= 0.3 is 0 Å². The maximum Gasteiger partial charge on any atom is 0.166 e. The summed E-state index contributed by atoms with van der Waals surface area (Å²) < 4.78 is 51.3. The molecule has 8 heteroatoms. The smallest absolute Gasteiger partial charge is 0.166 e. The molecule has 1 aromatic heterocycles. The zero-order valence-corrected chi connectivity index (χ0v) is 19.4. The Hall–Kier alpha value is -3.50. The lowest BCUT2D eigenvalue weighted by molar-refractivity contribution is 0.0987. The van der Waals surface area contributed by atoms with Gasteiger partial charge < -0.3 is 4.74 Å². The molecule has 1 unspecified atom stereocenters. The van der Waals surface area contributed by atoms with Crippen molar-refractivity contribution in [2.45, 2.75) is 38.2 Å². The highest BCUT2D eigenvalue weighted by Gasteiger charge is 2.33. The molecule has 0 spiro atoms. The summed E-state index contributed by atoms with van der Waals surface area (Å²) in [7, 11) is 0. The molecule has 1 saturated carbocycles. The van der Waals surface area contributed by atoms with Gasteiger partial charge in [0.15, 0.2) is 23.2 Å². The van der Waals surface area contributed by atoms with E-state index in [0.29, 0.717) is 21.8 Å². The minimum Gasteiger partial charge on any atom is -0.481 e. The summed E-state index contributed by atoms with van der Waals surface area (Å²) in [6.07, 6.45) is 4.03. The summed E-state index contributed by atoms with van der Waals surface area (Å²) >= 11 is 6.07. The summed E-state index contributed by atoms with van der Waals surface area (Å²) in [5.41, 5.74) is 1.58. The standard InChI is InChI=1S/C27H21ClF3N3O/c28-18-7-9-19(10-8-18)34-26(20-13-21(29)22(30)14-24(20)33-34)27(17-4-2-1-3-5-17)35-25-11-6-16(15-32)12-23(25)31/h6-14,17,27H,1-5H2. The first-order valence-electron chi connectivity index (χ1n) is 11.4. The number of rotatable bonds is 5. The molecule has 1 aliphatic carbocycles. The van der Waals surface area contributed by atoms with E-state index in [1.165, 1.54) is 12.1 Å². The molecule has 1 atom stereocenters.